The maximum absolute atomic E-state index is 14.5. The maximum Gasteiger partial charge on any atom is 0.325 e. The molecule has 3 amide bonds. The Morgan fingerprint density at radius 2 is 1.74 bits per heavy atom. The number of H-pyrrole nitrogens is 1. The van der Waals surface area contributed by atoms with Gasteiger partial charge in [0.25, 0.3) is 5.91 Å². The minimum absolute atomic E-state index is 0.111. The molecule has 0 aliphatic carbocycles. The lowest BCUT2D eigenvalue weighted by Gasteiger charge is -2.29. The smallest absolute Gasteiger partial charge is 0.325 e. The van der Waals surface area contributed by atoms with Gasteiger partial charge in [-0.05, 0) is 35.4 Å². The van der Waals surface area contributed by atoms with Gasteiger partial charge in [-0.25, -0.2) is 14.2 Å². The number of rotatable bonds is 9. The van der Waals surface area contributed by atoms with E-state index in [-0.39, 0.29) is 19.1 Å². The standard InChI is InChI=1S/C29H27FN4O4/c1-18(19-7-3-2-4-8-19)26(27-31-17-24(32-27)22-9-5-6-10-23(22)30)34-28(36)25(33-29(34)37)20-11-13-21(14-12-20)38-16-15-35/h2-14,17-18,25-26,35H,15-16H2,1H3,(H,31,32)(H,33,37)/t18-,25-,26+/m1/s1. The molecule has 3 aromatic carbocycles. The van der Waals surface area contributed by atoms with E-state index in [0.29, 0.717) is 28.4 Å². The third kappa shape index (κ3) is 4.88. The molecule has 0 unspecified atom stereocenters. The van der Waals surface area contributed by atoms with Gasteiger partial charge in [0, 0.05) is 11.5 Å². The van der Waals surface area contributed by atoms with Crippen molar-refractivity contribution < 1.29 is 23.8 Å². The Kier molecular flexibility index (Phi) is 7.19. The van der Waals surface area contributed by atoms with Gasteiger partial charge in [0.1, 0.15) is 36.1 Å². The van der Waals surface area contributed by atoms with E-state index in [1.165, 1.54) is 17.2 Å². The van der Waals surface area contributed by atoms with Gasteiger partial charge >= 0.3 is 6.03 Å². The number of nitrogens with zero attached hydrogens (tertiary/aromatic N) is 2. The summed E-state index contributed by atoms with van der Waals surface area (Å²) in [4.78, 5) is 35.9. The molecule has 3 atom stereocenters. The lowest BCUT2D eigenvalue weighted by Crippen LogP contribution is -2.38. The highest BCUT2D eigenvalue weighted by atomic mass is 19.1. The maximum atomic E-state index is 14.5. The zero-order valence-electron chi connectivity index (χ0n) is 20.7. The number of carbonyl (C=O) groups excluding carboxylic acids is 2. The first-order valence-electron chi connectivity index (χ1n) is 12.3. The molecule has 0 radical (unpaired) electrons. The number of hydrogen-bond acceptors (Lipinski definition) is 5. The van der Waals surface area contributed by atoms with Crippen LogP contribution < -0.4 is 10.1 Å². The Balaban J connectivity index is 1.50. The molecule has 9 heteroatoms. The van der Waals surface area contributed by atoms with Crippen LogP contribution in [0.25, 0.3) is 11.3 Å². The van der Waals surface area contributed by atoms with Crippen molar-refractivity contribution in [3.8, 4) is 17.0 Å². The summed E-state index contributed by atoms with van der Waals surface area (Å²) >= 11 is 0. The first-order chi connectivity index (χ1) is 18.5. The van der Waals surface area contributed by atoms with Crippen LogP contribution in [-0.4, -0.2) is 45.1 Å². The number of aromatic nitrogens is 2. The summed E-state index contributed by atoms with van der Waals surface area (Å²) in [5.74, 6) is -0.231. The fraction of sp³-hybridized carbons (Fsp3) is 0.207. The molecule has 0 saturated carbocycles. The van der Waals surface area contributed by atoms with E-state index < -0.39 is 29.8 Å². The normalized spacial score (nSPS) is 16.8. The van der Waals surface area contributed by atoms with Crippen molar-refractivity contribution in [2.24, 2.45) is 0 Å². The van der Waals surface area contributed by atoms with Gasteiger partial charge < -0.3 is 20.1 Å². The van der Waals surface area contributed by atoms with Gasteiger partial charge in [-0.2, -0.15) is 0 Å². The highest BCUT2D eigenvalue weighted by molar-refractivity contribution is 6.05. The van der Waals surface area contributed by atoms with Crippen LogP contribution in [0.3, 0.4) is 0 Å². The van der Waals surface area contributed by atoms with Crippen molar-refractivity contribution in [3.63, 3.8) is 0 Å². The Labute approximate surface area is 219 Å². The van der Waals surface area contributed by atoms with Crippen LogP contribution in [0.2, 0.25) is 0 Å². The molecule has 1 aromatic heterocycles. The fourth-order valence-corrected chi connectivity index (χ4v) is 4.73. The lowest BCUT2D eigenvalue weighted by molar-refractivity contribution is -0.129. The van der Waals surface area contributed by atoms with Crippen LogP contribution >= 0.6 is 0 Å². The summed E-state index contributed by atoms with van der Waals surface area (Å²) in [6.45, 7) is 1.97. The molecule has 1 aliphatic heterocycles. The van der Waals surface area contributed by atoms with Gasteiger partial charge in [-0.1, -0.05) is 61.5 Å². The third-order valence-electron chi connectivity index (χ3n) is 6.66. The molecule has 194 valence electrons. The van der Waals surface area contributed by atoms with Crippen LogP contribution in [0, 0.1) is 5.82 Å². The molecule has 8 nitrogen and oxygen atoms in total. The highest BCUT2D eigenvalue weighted by Crippen LogP contribution is 2.39. The Morgan fingerprint density at radius 1 is 1.03 bits per heavy atom. The SMILES string of the molecule is C[C@H](c1ccccc1)[C@@H](c1ncc(-c2ccccc2F)[nH]1)N1C(=O)N[C@H](c2ccc(OCCO)cc2)C1=O. The summed E-state index contributed by atoms with van der Waals surface area (Å²) in [6.07, 6.45) is 1.51. The molecular weight excluding hydrogens is 487 g/mol. The van der Waals surface area contributed by atoms with Crippen molar-refractivity contribution in [1.82, 2.24) is 20.2 Å². The summed E-state index contributed by atoms with van der Waals surface area (Å²) in [5.41, 5.74) is 2.30. The molecule has 1 saturated heterocycles. The van der Waals surface area contributed by atoms with Crippen LogP contribution in [0.5, 0.6) is 5.75 Å². The number of hydrogen-bond donors (Lipinski definition) is 3. The number of carbonyl (C=O) groups is 2. The number of halogens is 1. The zero-order valence-corrected chi connectivity index (χ0v) is 20.7. The predicted molar refractivity (Wildman–Crippen MR) is 139 cm³/mol. The van der Waals surface area contributed by atoms with E-state index >= 15 is 0 Å². The number of urea groups is 1. The average Bonchev–Trinajstić information content (AvgIpc) is 3.54. The van der Waals surface area contributed by atoms with E-state index in [0.717, 1.165) is 5.56 Å². The number of imide groups is 1. The van der Waals surface area contributed by atoms with Crippen LogP contribution in [0.4, 0.5) is 9.18 Å². The van der Waals surface area contributed by atoms with Crippen LogP contribution in [0.1, 0.15) is 41.9 Å². The van der Waals surface area contributed by atoms with E-state index in [1.807, 2.05) is 37.3 Å². The zero-order chi connectivity index (χ0) is 26.6. The summed E-state index contributed by atoms with van der Waals surface area (Å²) in [7, 11) is 0. The third-order valence-corrected chi connectivity index (χ3v) is 6.66. The predicted octanol–water partition coefficient (Wildman–Crippen LogP) is 4.72. The largest absolute Gasteiger partial charge is 0.491 e. The minimum atomic E-state index is -0.888. The molecule has 1 fully saturated rings. The van der Waals surface area contributed by atoms with Crippen molar-refractivity contribution >= 4 is 11.9 Å². The minimum Gasteiger partial charge on any atom is -0.491 e. The molecule has 38 heavy (non-hydrogen) atoms. The molecule has 5 rings (SSSR count). The molecule has 0 bridgehead atoms. The number of aliphatic hydroxyl groups excluding tert-OH is 1. The molecule has 1 aliphatic rings. The second-order valence-corrected chi connectivity index (χ2v) is 9.04. The molecule has 2 heterocycles. The van der Waals surface area contributed by atoms with E-state index in [4.69, 9.17) is 9.84 Å². The second kappa shape index (κ2) is 10.9. The number of nitrogens with one attached hydrogen (secondary N) is 2. The van der Waals surface area contributed by atoms with E-state index in [1.54, 1.807) is 42.5 Å². The van der Waals surface area contributed by atoms with Gasteiger partial charge in [0.05, 0.1) is 18.5 Å². The number of aliphatic hydroxyl groups is 1. The molecule has 3 N–H and O–H groups in total. The van der Waals surface area contributed by atoms with Crippen molar-refractivity contribution in [1.29, 1.82) is 0 Å². The van der Waals surface area contributed by atoms with Gasteiger partial charge in [-0.15, -0.1) is 0 Å². The quantitative estimate of drug-likeness (QED) is 0.280. The van der Waals surface area contributed by atoms with Crippen molar-refractivity contribution in [3.05, 3.63) is 108 Å². The Bertz CT molecular complexity index is 1420. The number of amides is 3. The van der Waals surface area contributed by atoms with Gasteiger partial charge in [0.15, 0.2) is 0 Å². The molecular formula is C29H27FN4O4. The van der Waals surface area contributed by atoms with Gasteiger partial charge in [-0.3, -0.25) is 9.69 Å². The number of imidazole rings is 1. The molecule has 0 spiro atoms. The summed E-state index contributed by atoms with van der Waals surface area (Å²) in [6, 6.07) is 20.5. The first kappa shape index (κ1) is 25.2. The second-order valence-electron chi connectivity index (χ2n) is 9.04. The Morgan fingerprint density at radius 3 is 2.45 bits per heavy atom. The number of aromatic amines is 1. The van der Waals surface area contributed by atoms with Gasteiger partial charge in [0.2, 0.25) is 0 Å². The monoisotopic (exact) mass is 514 g/mol. The lowest BCUT2D eigenvalue weighted by atomic mass is 9.91. The summed E-state index contributed by atoms with van der Waals surface area (Å²) < 4.78 is 19.9. The number of ether oxygens (including phenoxy) is 1. The average molecular weight is 515 g/mol. The van der Waals surface area contributed by atoms with E-state index in [9.17, 15) is 14.0 Å². The van der Waals surface area contributed by atoms with E-state index in [2.05, 4.69) is 15.3 Å². The van der Waals surface area contributed by atoms with Crippen molar-refractivity contribution in [2.45, 2.75) is 24.9 Å². The van der Waals surface area contributed by atoms with Crippen LogP contribution in [0.15, 0.2) is 85.1 Å². The number of benzene rings is 3. The van der Waals surface area contributed by atoms with Crippen molar-refractivity contribution in [2.75, 3.05) is 13.2 Å². The highest BCUT2D eigenvalue weighted by Gasteiger charge is 2.46. The Hall–Kier alpha value is -4.50. The molecule has 4 aromatic rings. The van der Waals surface area contributed by atoms with Crippen LogP contribution in [-0.2, 0) is 4.79 Å². The topological polar surface area (TPSA) is 108 Å². The first-order valence-corrected chi connectivity index (χ1v) is 12.3. The fourth-order valence-electron chi connectivity index (χ4n) is 4.73. The summed E-state index contributed by atoms with van der Waals surface area (Å²) in [5, 5.41) is 11.7.